The molecule has 1 saturated heterocycles. The highest BCUT2D eigenvalue weighted by Crippen LogP contribution is 2.33. The molecule has 0 bridgehead atoms. The van der Waals surface area contributed by atoms with Crippen molar-refractivity contribution in [1.82, 2.24) is 19.5 Å². The molecule has 0 saturated carbocycles. The Morgan fingerprint density at radius 3 is 3.03 bits per heavy atom. The molecular weight excluding hydrogens is 458 g/mol. The van der Waals surface area contributed by atoms with Gasteiger partial charge in [0.15, 0.2) is 0 Å². The van der Waals surface area contributed by atoms with Gasteiger partial charge in [-0.1, -0.05) is 11.6 Å². The molecule has 4 aromatic rings. The number of fused-ring (bicyclic) bond motifs is 2. The number of anilines is 1. The Bertz CT molecular complexity index is 1210. The molecule has 1 aromatic carbocycles. The van der Waals surface area contributed by atoms with Crippen molar-refractivity contribution >= 4 is 55.3 Å². The molecule has 4 heterocycles. The van der Waals surface area contributed by atoms with Crippen molar-refractivity contribution in [2.24, 2.45) is 0 Å². The SMILES string of the molecule is Nc1nc2cc(OCC3CCC(n4ccc5c(Cl)ncnc54)O3)ccc2cc1Br. The van der Waals surface area contributed by atoms with Crippen LogP contribution in [-0.4, -0.2) is 32.2 Å². The predicted molar refractivity (Wildman–Crippen MR) is 115 cm³/mol. The number of pyridine rings is 1. The van der Waals surface area contributed by atoms with Crippen LogP contribution < -0.4 is 10.5 Å². The third-order valence-electron chi connectivity index (χ3n) is 5.06. The fraction of sp³-hybridized carbons (Fsp3) is 0.250. The van der Waals surface area contributed by atoms with Gasteiger partial charge in [-0.15, -0.1) is 0 Å². The van der Waals surface area contributed by atoms with Gasteiger partial charge in [-0.25, -0.2) is 15.0 Å². The van der Waals surface area contributed by atoms with Gasteiger partial charge < -0.3 is 19.8 Å². The first-order chi connectivity index (χ1) is 14.1. The minimum absolute atomic E-state index is 0.00611. The molecule has 2 unspecified atom stereocenters. The normalized spacial score (nSPS) is 19.2. The number of benzene rings is 1. The van der Waals surface area contributed by atoms with Crippen molar-refractivity contribution in [2.75, 3.05) is 12.3 Å². The van der Waals surface area contributed by atoms with Gasteiger partial charge in [0.25, 0.3) is 0 Å². The molecule has 2 atom stereocenters. The van der Waals surface area contributed by atoms with E-state index in [0.29, 0.717) is 17.6 Å². The zero-order chi connectivity index (χ0) is 20.0. The van der Waals surface area contributed by atoms with Gasteiger partial charge in [-0.05, 0) is 53.0 Å². The number of halogens is 2. The maximum absolute atomic E-state index is 6.19. The van der Waals surface area contributed by atoms with Gasteiger partial charge in [0, 0.05) is 17.6 Å². The van der Waals surface area contributed by atoms with Crippen molar-refractivity contribution in [2.45, 2.75) is 25.2 Å². The number of nitrogens with zero attached hydrogens (tertiary/aromatic N) is 4. The van der Waals surface area contributed by atoms with Gasteiger partial charge in [0.2, 0.25) is 0 Å². The van der Waals surface area contributed by atoms with Crippen LogP contribution in [0.1, 0.15) is 19.1 Å². The van der Waals surface area contributed by atoms with E-state index < -0.39 is 0 Å². The maximum Gasteiger partial charge on any atom is 0.146 e. The van der Waals surface area contributed by atoms with Gasteiger partial charge in [-0.3, -0.25) is 0 Å². The largest absolute Gasteiger partial charge is 0.491 e. The molecule has 148 valence electrons. The summed E-state index contributed by atoms with van der Waals surface area (Å²) in [6.07, 6.45) is 5.08. The van der Waals surface area contributed by atoms with Crippen LogP contribution in [0.2, 0.25) is 5.15 Å². The highest BCUT2D eigenvalue weighted by Gasteiger charge is 2.28. The van der Waals surface area contributed by atoms with Crippen LogP contribution in [0.4, 0.5) is 5.82 Å². The molecule has 2 N–H and O–H groups in total. The molecule has 1 aliphatic heterocycles. The summed E-state index contributed by atoms with van der Waals surface area (Å²) in [5.41, 5.74) is 7.46. The first-order valence-electron chi connectivity index (χ1n) is 9.19. The average Bonchev–Trinajstić information content (AvgIpc) is 3.35. The lowest BCUT2D eigenvalue weighted by atomic mass is 10.2. The Balaban J connectivity index is 1.27. The molecular formula is C20H17BrClN5O2. The summed E-state index contributed by atoms with van der Waals surface area (Å²) in [6.45, 7) is 0.461. The van der Waals surface area contributed by atoms with Gasteiger partial charge in [0.1, 0.15) is 41.5 Å². The Hall–Kier alpha value is -2.42. The standard InChI is InChI=1S/C20H17BrClN5O2/c21-15-7-11-1-2-12(8-16(11)26-19(15)23)28-9-13-3-4-17(29-13)27-6-5-14-18(22)24-10-25-20(14)27/h1-2,5-8,10,13,17H,3-4,9H2,(H2,23,26). The zero-order valence-electron chi connectivity index (χ0n) is 15.3. The lowest BCUT2D eigenvalue weighted by molar-refractivity contribution is -0.0156. The number of ether oxygens (including phenoxy) is 2. The van der Waals surface area contributed by atoms with Crippen LogP contribution in [0.15, 0.2) is 47.3 Å². The summed E-state index contributed by atoms with van der Waals surface area (Å²) in [4.78, 5) is 12.8. The molecule has 7 nitrogen and oxygen atoms in total. The van der Waals surface area contributed by atoms with Crippen LogP contribution in [0, 0.1) is 0 Å². The fourth-order valence-electron chi connectivity index (χ4n) is 3.60. The summed E-state index contributed by atoms with van der Waals surface area (Å²) in [5.74, 6) is 1.20. The van der Waals surface area contributed by atoms with E-state index >= 15 is 0 Å². The Morgan fingerprint density at radius 1 is 1.24 bits per heavy atom. The van der Waals surface area contributed by atoms with E-state index in [2.05, 4.69) is 30.9 Å². The van der Waals surface area contributed by atoms with E-state index in [-0.39, 0.29) is 12.3 Å². The maximum atomic E-state index is 6.19. The molecule has 0 amide bonds. The number of nitrogen functional groups attached to an aromatic ring is 1. The molecule has 5 rings (SSSR count). The third-order valence-corrected chi connectivity index (χ3v) is 6.00. The second kappa shape index (κ2) is 7.44. The third kappa shape index (κ3) is 3.52. The van der Waals surface area contributed by atoms with Crippen LogP contribution >= 0.6 is 27.5 Å². The van der Waals surface area contributed by atoms with Crippen molar-refractivity contribution in [3.05, 3.63) is 52.5 Å². The van der Waals surface area contributed by atoms with E-state index in [1.165, 1.54) is 6.33 Å². The average molecular weight is 475 g/mol. The summed E-state index contributed by atoms with van der Waals surface area (Å²) >= 11 is 9.54. The molecule has 29 heavy (non-hydrogen) atoms. The lowest BCUT2D eigenvalue weighted by Crippen LogP contribution is -2.18. The lowest BCUT2D eigenvalue weighted by Gasteiger charge is -2.16. The molecule has 0 radical (unpaired) electrons. The van der Waals surface area contributed by atoms with Crippen LogP contribution in [0.3, 0.4) is 0 Å². The molecule has 3 aromatic heterocycles. The zero-order valence-corrected chi connectivity index (χ0v) is 17.6. The van der Waals surface area contributed by atoms with Gasteiger partial charge >= 0.3 is 0 Å². The first kappa shape index (κ1) is 18.6. The number of nitrogens with two attached hydrogens (primary N) is 1. The van der Waals surface area contributed by atoms with E-state index in [1.54, 1.807) is 0 Å². The van der Waals surface area contributed by atoms with Gasteiger partial charge in [-0.2, -0.15) is 0 Å². The Morgan fingerprint density at radius 2 is 2.14 bits per heavy atom. The fourth-order valence-corrected chi connectivity index (χ4v) is 4.13. The van der Waals surface area contributed by atoms with Crippen molar-refractivity contribution in [1.29, 1.82) is 0 Å². The van der Waals surface area contributed by atoms with E-state index in [9.17, 15) is 0 Å². The number of hydrogen-bond acceptors (Lipinski definition) is 6. The van der Waals surface area contributed by atoms with Crippen LogP contribution in [0.25, 0.3) is 21.9 Å². The van der Waals surface area contributed by atoms with E-state index in [1.807, 2.05) is 41.1 Å². The Kier molecular flexibility index (Phi) is 4.77. The van der Waals surface area contributed by atoms with Gasteiger partial charge in [0.05, 0.1) is 21.5 Å². The highest BCUT2D eigenvalue weighted by atomic mass is 79.9. The molecule has 1 aliphatic rings. The van der Waals surface area contributed by atoms with E-state index in [4.69, 9.17) is 26.8 Å². The molecule has 0 aliphatic carbocycles. The molecule has 0 spiro atoms. The minimum atomic E-state index is -0.0949. The molecule has 1 fully saturated rings. The second-order valence-corrected chi connectivity index (χ2v) is 8.15. The van der Waals surface area contributed by atoms with Crippen LogP contribution in [0.5, 0.6) is 5.75 Å². The smallest absolute Gasteiger partial charge is 0.146 e. The summed E-state index contributed by atoms with van der Waals surface area (Å²) < 4.78 is 14.9. The topological polar surface area (TPSA) is 88.1 Å². The number of aromatic nitrogens is 4. The van der Waals surface area contributed by atoms with Crippen molar-refractivity contribution < 1.29 is 9.47 Å². The molecule has 9 heteroatoms. The highest BCUT2D eigenvalue weighted by molar-refractivity contribution is 9.10. The van der Waals surface area contributed by atoms with Crippen molar-refractivity contribution in [3.8, 4) is 5.75 Å². The van der Waals surface area contributed by atoms with Crippen LogP contribution in [-0.2, 0) is 4.74 Å². The minimum Gasteiger partial charge on any atom is -0.491 e. The number of rotatable bonds is 4. The first-order valence-corrected chi connectivity index (χ1v) is 10.4. The van der Waals surface area contributed by atoms with Crippen molar-refractivity contribution in [3.63, 3.8) is 0 Å². The second-order valence-electron chi connectivity index (χ2n) is 6.94. The summed E-state index contributed by atoms with van der Waals surface area (Å²) in [6, 6.07) is 9.65. The predicted octanol–water partition coefficient (Wildman–Crippen LogP) is 4.73. The summed E-state index contributed by atoms with van der Waals surface area (Å²) in [5, 5.41) is 2.27. The number of hydrogen-bond donors (Lipinski definition) is 1. The quantitative estimate of drug-likeness (QED) is 0.430. The monoisotopic (exact) mass is 473 g/mol. The Labute approximate surface area is 179 Å². The summed E-state index contributed by atoms with van der Waals surface area (Å²) in [7, 11) is 0. The van der Waals surface area contributed by atoms with E-state index in [0.717, 1.165) is 45.0 Å².